The van der Waals surface area contributed by atoms with Crippen molar-refractivity contribution >= 4 is 0 Å². The molecule has 4 atom stereocenters. The standard InChI is InChI=1S/C14H25NO2/c1-14(16)12-10-17-9-11(12)5-6-13(14)15-7-3-2-4-8-15/h11-13,16H,2-10H2,1H3/p+1/t11-,12-,13-,14+/m0/s1. The summed E-state index contributed by atoms with van der Waals surface area (Å²) in [5, 5.41) is 11.0. The van der Waals surface area contributed by atoms with Crippen LogP contribution in [0, 0.1) is 11.8 Å². The monoisotopic (exact) mass is 240 g/mol. The number of piperidine rings is 1. The lowest BCUT2D eigenvalue weighted by molar-refractivity contribution is -0.939. The Labute approximate surface area is 104 Å². The van der Waals surface area contributed by atoms with Crippen molar-refractivity contribution in [1.82, 2.24) is 0 Å². The quantitative estimate of drug-likeness (QED) is 0.688. The van der Waals surface area contributed by atoms with Gasteiger partial charge in [0.25, 0.3) is 0 Å². The first-order valence-corrected chi connectivity index (χ1v) is 7.34. The molecule has 0 spiro atoms. The van der Waals surface area contributed by atoms with Gasteiger partial charge in [-0.2, -0.15) is 0 Å². The van der Waals surface area contributed by atoms with Gasteiger partial charge in [0.1, 0.15) is 11.6 Å². The van der Waals surface area contributed by atoms with Crippen LogP contribution in [0.5, 0.6) is 0 Å². The van der Waals surface area contributed by atoms with Crippen molar-refractivity contribution in [2.45, 2.75) is 50.7 Å². The molecule has 0 radical (unpaired) electrons. The van der Waals surface area contributed by atoms with Crippen LogP contribution in [-0.2, 0) is 4.74 Å². The molecule has 2 heterocycles. The van der Waals surface area contributed by atoms with E-state index in [2.05, 4.69) is 6.92 Å². The molecule has 3 aliphatic rings. The van der Waals surface area contributed by atoms with E-state index in [1.807, 2.05) is 0 Å². The summed E-state index contributed by atoms with van der Waals surface area (Å²) in [6.07, 6.45) is 6.51. The summed E-state index contributed by atoms with van der Waals surface area (Å²) in [4.78, 5) is 1.66. The van der Waals surface area contributed by atoms with Gasteiger partial charge in [-0.25, -0.2) is 0 Å². The fourth-order valence-electron chi connectivity index (χ4n) is 4.43. The van der Waals surface area contributed by atoms with Gasteiger partial charge in [0, 0.05) is 18.9 Å². The van der Waals surface area contributed by atoms with Gasteiger partial charge in [-0.3, -0.25) is 0 Å². The first kappa shape index (κ1) is 11.9. The number of rotatable bonds is 1. The Morgan fingerprint density at radius 2 is 1.88 bits per heavy atom. The molecular weight excluding hydrogens is 214 g/mol. The molecule has 3 heteroatoms. The Balaban J connectivity index is 1.75. The summed E-state index contributed by atoms with van der Waals surface area (Å²) in [5.74, 6) is 1.00. The van der Waals surface area contributed by atoms with Crippen LogP contribution >= 0.6 is 0 Å². The zero-order chi connectivity index (χ0) is 11.9. The summed E-state index contributed by atoms with van der Waals surface area (Å²) in [7, 11) is 0. The van der Waals surface area contributed by atoms with Gasteiger partial charge in [0.2, 0.25) is 0 Å². The number of nitrogens with one attached hydrogen (secondary N) is 1. The lowest BCUT2D eigenvalue weighted by atomic mass is 9.68. The third-order valence-electron chi connectivity index (χ3n) is 5.47. The van der Waals surface area contributed by atoms with Gasteiger partial charge < -0.3 is 14.7 Å². The van der Waals surface area contributed by atoms with E-state index in [9.17, 15) is 5.11 Å². The minimum Gasteiger partial charge on any atom is -0.384 e. The summed E-state index contributed by atoms with van der Waals surface area (Å²) in [6, 6.07) is 0.450. The fraction of sp³-hybridized carbons (Fsp3) is 1.00. The highest BCUT2D eigenvalue weighted by molar-refractivity contribution is 4.99. The van der Waals surface area contributed by atoms with Gasteiger partial charge >= 0.3 is 0 Å². The van der Waals surface area contributed by atoms with Crippen LogP contribution in [0.1, 0.15) is 39.0 Å². The van der Waals surface area contributed by atoms with Crippen molar-refractivity contribution in [2.75, 3.05) is 26.3 Å². The highest BCUT2D eigenvalue weighted by Gasteiger charge is 2.53. The van der Waals surface area contributed by atoms with Crippen molar-refractivity contribution in [3.8, 4) is 0 Å². The molecule has 2 aliphatic heterocycles. The highest BCUT2D eigenvalue weighted by Crippen LogP contribution is 2.40. The second kappa shape index (κ2) is 4.52. The zero-order valence-electron chi connectivity index (χ0n) is 11.0. The Morgan fingerprint density at radius 3 is 2.65 bits per heavy atom. The molecule has 0 aromatic rings. The zero-order valence-corrected chi connectivity index (χ0v) is 11.0. The van der Waals surface area contributed by atoms with Crippen LogP contribution in [0.25, 0.3) is 0 Å². The van der Waals surface area contributed by atoms with Gasteiger partial charge in [0.05, 0.1) is 19.7 Å². The fourth-order valence-corrected chi connectivity index (χ4v) is 4.43. The largest absolute Gasteiger partial charge is 0.384 e. The minimum atomic E-state index is -0.508. The highest BCUT2D eigenvalue weighted by atomic mass is 16.5. The molecule has 0 unspecified atom stereocenters. The van der Waals surface area contributed by atoms with Crippen molar-refractivity contribution in [1.29, 1.82) is 0 Å². The van der Waals surface area contributed by atoms with E-state index in [4.69, 9.17) is 4.74 Å². The molecule has 17 heavy (non-hydrogen) atoms. The number of fused-ring (bicyclic) bond motifs is 1. The van der Waals surface area contributed by atoms with Crippen molar-refractivity contribution < 1.29 is 14.7 Å². The van der Waals surface area contributed by atoms with Crippen LogP contribution in [0.4, 0.5) is 0 Å². The number of hydrogen-bond donors (Lipinski definition) is 2. The van der Waals surface area contributed by atoms with Gasteiger partial charge in [-0.15, -0.1) is 0 Å². The molecule has 2 N–H and O–H groups in total. The van der Waals surface area contributed by atoms with Gasteiger partial charge in [0.15, 0.2) is 0 Å². The predicted octanol–water partition coefficient (Wildman–Crippen LogP) is 0.231. The van der Waals surface area contributed by atoms with Crippen LogP contribution in [-0.4, -0.2) is 43.1 Å². The Hall–Kier alpha value is -0.120. The first-order valence-electron chi connectivity index (χ1n) is 7.34. The van der Waals surface area contributed by atoms with E-state index in [0.29, 0.717) is 17.9 Å². The average Bonchev–Trinajstić information content (AvgIpc) is 2.80. The smallest absolute Gasteiger partial charge is 0.119 e. The predicted molar refractivity (Wildman–Crippen MR) is 66.0 cm³/mol. The van der Waals surface area contributed by atoms with E-state index >= 15 is 0 Å². The number of likely N-dealkylation sites (tertiary alicyclic amines) is 1. The normalized spacial score (nSPS) is 48.0. The molecule has 0 aromatic heterocycles. The Bertz CT molecular complexity index is 273. The van der Waals surface area contributed by atoms with Crippen molar-refractivity contribution in [3.05, 3.63) is 0 Å². The molecule has 0 amide bonds. The summed E-state index contributed by atoms with van der Waals surface area (Å²) < 4.78 is 5.59. The minimum absolute atomic E-state index is 0.385. The van der Waals surface area contributed by atoms with Crippen molar-refractivity contribution in [3.63, 3.8) is 0 Å². The van der Waals surface area contributed by atoms with E-state index in [1.54, 1.807) is 4.90 Å². The Morgan fingerprint density at radius 1 is 1.12 bits per heavy atom. The number of aliphatic hydroxyl groups is 1. The molecule has 3 nitrogen and oxygen atoms in total. The van der Waals surface area contributed by atoms with Crippen LogP contribution in [0.2, 0.25) is 0 Å². The average molecular weight is 240 g/mol. The van der Waals surface area contributed by atoms with E-state index in [1.165, 1.54) is 45.2 Å². The summed E-state index contributed by atoms with van der Waals surface area (Å²) >= 11 is 0. The molecule has 3 fully saturated rings. The molecule has 3 rings (SSSR count). The maximum Gasteiger partial charge on any atom is 0.119 e. The number of quaternary nitrogens is 1. The molecule has 2 saturated heterocycles. The third-order valence-corrected chi connectivity index (χ3v) is 5.47. The number of hydrogen-bond acceptors (Lipinski definition) is 2. The molecule has 0 bridgehead atoms. The second-order valence-electron chi connectivity index (χ2n) is 6.48. The van der Waals surface area contributed by atoms with Crippen LogP contribution in [0.3, 0.4) is 0 Å². The lowest BCUT2D eigenvalue weighted by Gasteiger charge is -2.47. The maximum atomic E-state index is 11.0. The Kier molecular flexibility index (Phi) is 3.18. The van der Waals surface area contributed by atoms with Gasteiger partial charge in [-0.1, -0.05) is 0 Å². The topological polar surface area (TPSA) is 33.9 Å². The molecule has 1 saturated carbocycles. The van der Waals surface area contributed by atoms with Crippen molar-refractivity contribution in [2.24, 2.45) is 11.8 Å². The molecule has 0 aromatic carbocycles. The maximum absolute atomic E-state index is 11.0. The number of ether oxygens (including phenoxy) is 1. The summed E-state index contributed by atoms with van der Waals surface area (Å²) in [5.41, 5.74) is -0.508. The molecular formula is C14H26NO2+. The summed E-state index contributed by atoms with van der Waals surface area (Å²) in [6.45, 7) is 6.26. The van der Waals surface area contributed by atoms with E-state index < -0.39 is 5.60 Å². The SMILES string of the molecule is C[C@]1(O)[C@@H]([NH+]2CCCCC2)CC[C@H]2COC[C@@H]21. The second-order valence-corrected chi connectivity index (χ2v) is 6.48. The van der Waals surface area contributed by atoms with Crippen LogP contribution in [0.15, 0.2) is 0 Å². The first-order chi connectivity index (χ1) is 8.19. The molecule has 1 aliphatic carbocycles. The third kappa shape index (κ3) is 2.02. The van der Waals surface area contributed by atoms with E-state index in [0.717, 1.165) is 13.2 Å². The van der Waals surface area contributed by atoms with Crippen LogP contribution < -0.4 is 4.90 Å². The van der Waals surface area contributed by atoms with Gasteiger partial charge in [-0.05, 0) is 38.5 Å². The van der Waals surface area contributed by atoms with E-state index in [-0.39, 0.29) is 0 Å². The lowest BCUT2D eigenvalue weighted by Crippen LogP contribution is -3.19. The molecule has 98 valence electrons.